The Morgan fingerprint density at radius 1 is 1.07 bits per heavy atom. The Morgan fingerprint density at radius 3 is 2.23 bits per heavy atom. The van der Waals surface area contributed by atoms with Crippen LogP contribution in [0.4, 0.5) is 18.9 Å². The first kappa shape index (κ1) is 23.7. The van der Waals surface area contributed by atoms with E-state index in [0.717, 1.165) is 40.6 Å². The van der Waals surface area contributed by atoms with Crippen LogP contribution in [0.2, 0.25) is 0 Å². The fourth-order valence-electron chi connectivity index (χ4n) is 3.18. The van der Waals surface area contributed by atoms with Crippen molar-refractivity contribution in [3.05, 3.63) is 64.2 Å². The molecule has 9 heteroatoms. The van der Waals surface area contributed by atoms with Crippen molar-refractivity contribution >= 4 is 21.6 Å². The number of amides is 1. The lowest BCUT2D eigenvalue weighted by atomic mass is 9.96. The van der Waals surface area contributed by atoms with Crippen LogP contribution in [0, 0.1) is 20.8 Å². The van der Waals surface area contributed by atoms with Crippen LogP contribution in [0.15, 0.2) is 36.4 Å². The topological polar surface area (TPSA) is 66.5 Å². The maximum absolute atomic E-state index is 13.0. The Labute approximate surface area is 175 Å². The highest BCUT2D eigenvalue weighted by atomic mass is 32.2. The summed E-state index contributed by atoms with van der Waals surface area (Å²) < 4.78 is 64.0. The molecule has 2 aromatic carbocycles. The van der Waals surface area contributed by atoms with Gasteiger partial charge in [0.15, 0.2) is 0 Å². The van der Waals surface area contributed by atoms with Crippen LogP contribution < -0.4 is 9.62 Å². The minimum Gasteiger partial charge on any atom is -0.348 e. The van der Waals surface area contributed by atoms with E-state index in [1.807, 2.05) is 32.9 Å². The second-order valence-electron chi connectivity index (χ2n) is 7.40. The predicted molar refractivity (Wildman–Crippen MR) is 111 cm³/mol. The van der Waals surface area contributed by atoms with Crippen molar-refractivity contribution in [1.29, 1.82) is 0 Å². The van der Waals surface area contributed by atoms with Crippen LogP contribution in [-0.2, 0) is 21.0 Å². The molecule has 5 nitrogen and oxygen atoms in total. The molecule has 0 saturated carbocycles. The van der Waals surface area contributed by atoms with E-state index in [2.05, 4.69) is 5.32 Å². The molecule has 2 aromatic rings. The van der Waals surface area contributed by atoms with Gasteiger partial charge in [0.1, 0.15) is 6.54 Å². The van der Waals surface area contributed by atoms with Gasteiger partial charge < -0.3 is 5.32 Å². The number of aryl methyl sites for hydroxylation is 3. The summed E-state index contributed by atoms with van der Waals surface area (Å²) in [4.78, 5) is 12.6. The predicted octanol–water partition coefficient (Wildman–Crippen LogP) is 4.27. The summed E-state index contributed by atoms with van der Waals surface area (Å²) in [5, 5.41) is 2.73. The van der Waals surface area contributed by atoms with Gasteiger partial charge >= 0.3 is 6.18 Å². The second kappa shape index (κ2) is 8.67. The third-order valence-corrected chi connectivity index (χ3v) is 6.02. The highest BCUT2D eigenvalue weighted by molar-refractivity contribution is 7.92. The van der Waals surface area contributed by atoms with Crippen molar-refractivity contribution in [3.63, 3.8) is 0 Å². The molecule has 1 N–H and O–H groups in total. The fraction of sp³-hybridized carbons (Fsp3) is 0.381. The minimum absolute atomic E-state index is 0.225. The number of alkyl halides is 3. The van der Waals surface area contributed by atoms with E-state index in [9.17, 15) is 26.4 Å². The number of hydrogen-bond acceptors (Lipinski definition) is 3. The third kappa shape index (κ3) is 5.75. The Balaban J connectivity index is 2.26. The summed E-state index contributed by atoms with van der Waals surface area (Å²) in [6, 6.07) is 7.44. The van der Waals surface area contributed by atoms with Crippen LogP contribution >= 0.6 is 0 Å². The number of anilines is 1. The first-order valence-corrected chi connectivity index (χ1v) is 11.1. The summed E-state index contributed by atoms with van der Waals surface area (Å²) >= 11 is 0. The number of halogens is 3. The summed E-state index contributed by atoms with van der Waals surface area (Å²) in [5.74, 6) is -0.622. The van der Waals surface area contributed by atoms with Crippen LogP contribution in [0.1, 0.15) is 40.8 Å². The van der Waals surface area contributed by atoms with Crippen LogP contribution in [0.5, 0.6) is 0 Å². The minimum atomic E-state index is -4.63. The average molecular weight is 443 g/mol. The van der Waals surface area contributed by atoms with Gasteiger partial charge in [-0.2, -0.15) is 13.2 Å². The highest BCUT2D eigenvalue weighted by Gasteiger charge is 2.32. The number of nitrogens with one attached hydrogen (secondary N) is 1. The standard InChI is InChI=1S/C21H25F3N2O3S/c1-13-9-15(3)19(10-14(13)2)16(4)25-20(27)12-26(30(5,28)29)18-8-6-7-17(11-18)21(22,23)24/h6-11,16H,12H2,1-5H3,(H,25,27)/t16-/m1/s1. The molecule has 0 unspecified atom stereocenters. The first-order chi connectivity index (χ1) is 13.7. The lowest BCUT2D eigenvalue weighted by Gasteiger charge is -2.24. The summed E-state index contributed by atoms with van der Waals surface area (Å²) in [6.07, 6.45) is -3.78. The van der Waals surface area contributed by atoms with Crippen LogP contribution in [0.25, 0.3) is 0 Å². The number of carbonyl (C=O) groups excluding carboxylic acids is 1. The zero-order valence-electron chi connectivity index (χ0n) is 17.5. The molecule has 0 aliphatic heterocycles. The molecule has 1 atom stereocenters. The Hall–Kier alpha value is -2.55. The van der Waals surface area contributed by atoms with Gasteiger partial charge in [-0.25, -0.2) is 8.42 Å². The fourth-order valence-corrected chi connectivity index (χ4v) is 4.03. The normalized spacial score (nSPS) is 13.1. The third-order valence-electron chi connectivity index (χ3n) is 4.88. The average Bonchev–Trinajstić information content (AvgIpc) is 2.61. The summed E-state index contributed by atoms with van der Waals surface area (Å²) in [5.41, 5.74) is 2.81. The van der Waals surface area contributed by atoms with E-state index in [0.29, 0.717) is 10.4 Å². The lowest BCUT2D eigenvalue weighted by Crippen LogP contribution is -2.41. The Bertz CT molecular complexity index is 1050. The second-order valence-corrected chi connectivity index (χ2v) is 9.31. The van der Waals surface area contributed by atoms with Gasteiger partial charge in [0.2, 0.25) is 15.9 Å². The van der Waals surface area contributed by atoms with Crippen molar-refractivity contribution in [2.24, 2.45) is 0 Å². The number of nitrogens with zero attached hydrogens (tertiary/aromatic N) is 1. The highest BCUT2D eigenvalue weighted by Crippen LogP contribution is 2.32. The molecule has 0 radical (unpaired) electrons. The van der Waals surface area contributed by atoms with Crippen LogP contribution in [-0.4, -0.2) is 27.1 Å². The van der Waals surface area contributed by atoms with Gasteiger partial charge in [0.25, 0.3) is 0 Å². The number of benzene rings is 2. The molecule has 0 aliphatic carbocycles. The first-order valence-electron chi connectivity index (χ1n) is 9.22. The number of sulfonamides is 1. The molecule has 0 spiro atoms. The van der Waals surface area contributed by atoms with Crippen molar-refractivity contribution < 1.29 is 26.4 Å². The maximum Gasteiger partial charge on any atom is 0.416 e. The van der Waals surface area contributed by atoms with E-state index >= 15 is 0 Å². The van der Waals surface area contributed by atoms with Gasteiger partial charge in [-0.1, -0.05) is 18.2 Å². The summed E-state index contributed by atoms with van der Waals surface area (Å²) in [6.45, 7) is 6.98. The van der Waals surface area contributed by atoms with Gasteiger partial charge in [0.05, 0.1) is 23.5 Å². The number of carbonyl (C=O) groups is 1. The summed E-state index contributed by atoms with van der Waals surface area (Å²) in [7, 11) is -3.99. The van der Waals surface area contributed by atoms with Gasteiger partial charge in [0, 0.05) is 0 Å². The SMILES string of the molecule is Cc1cc(C)c([C@@H](C)NC(=O)CN(c2cccc(C(F)(F)F)c2)S(C)(=O)=O)cc1C. The molecule has 0 aliphatic rings. The number of hydrogen-bond donors (Lipinski definition) is 1. The molecular weight excluding hydrogens is 417 g/mol. The van der Waals surface area contributed by atoms with E-state index in [-0.39, 0.29) is 5.69 Å². The Kier molecular flexibility index (Phi) is 6.86. The Morgan fingerprint density at radius 2 is 1.67 bits per heavy atom. The van der Waals surface area contributed by atoms with E-state index in [1.165, 1.54) is 6.07 Å². The van der Waals surface area contributed by atoms with Gasteiger partial charge in [-0.05, 0) is 68.1 Å². The molecule has 0 saturated heterocycles. The zero-order valence-corrected chi connectivity index (χ0v) is 18.3. The van der Waals surface area contributed by atoms with Crippen molar-refractivity contribution in [2.45, 2.75) is 39.9 Å². The smallest absolute Gasteiger partial charge is 0.348 e. The van der Waals surface area contributed by atoms with Crippen molar-refractivity contribution in [1.82, 2.24) is 5.32 Å². The molecular formula is C21H25F3N2O3S. The number of rotatable bonds is 6. The van der Waals surface area contributed by atoms with Crippen LogP contribution in [0.3, 0.4) is 0 Å². The molecule has 164 valence electrons. The van der Waals surface area contributed by atoms with Crippen molar-refractivity contribution in [2.75, 3.05) is 17.1 Å². The van der Waals surface area contributed by atoms with Crippen molar-refractivity contribution in [3.8, 4) is 0 Å². The lowest BCUT2D eigenvalue weighted by molar-refractivity contribution is -0.137. The van der Waals surface area contributed by atoms with E-state index in [1.54, 1.807) is 6.92 Å². The molecule has 0 bridgehead atoms. The molecule has 1 amide bonds. The van der Waals surface area contributed by atoms with E-state index in [4.69, 9.17) is 0 Å². The van der Waals surface area contributed by atoms with E-state index < -0.39 is 40.3 Å². The quantitative estimate of drug-likeness (QED) is 0.727. The maximum atomic E-state index is 13.0. The van der Waals surface area contributed by atoms with Gasteiger partial charge in [-0.3, -0.25) is 9.10 Å². The molecule has 0 fully saturated rings. The molecule has 0 aromatic heterocycles. The van der Waals surface area contributed by atoms with Gasteiger partial charge in [-0.15, -0.1) is 0 Å². The molecule has 30 heavy (non-hydrogen) atoms. The molecule has 0 heterocycles. The monoisotopic (exact) mass is 442 g/mol. The largest absolute Gasteiger partial charge is 0.416 e. The zero-order chi connectivity index (χ0) is 22.9. The molecule has 2 rings (SSSR count).